The molecular weight excluding hydrogens is 282 g/mol. The minimum atomic E-state index is 0.383. The van der Waals surface area contributed by atoms with Crippen molar-refractivity contribution >= 4 is 23.4 Å². The molecule has 5 nitrogen and oxygen atoms in total. The first-order valence-corrected chi connectivity index (χ1v) is 8.52. The molecule has 0 radical (unpaired) electrons. The second kappa shape index (κ2) is 6.15. The Morgan fingerprint density at radius 3 is 2.76 bits per heavy atom. The maximum Gasteiger partial charge on any atom is 0.248 e. The van der Waals surface area contributed by atoms with E-state index in [9.17, 15) is 0 Å². The molecule has 1 aromatic heterocycles. The fourth-order valence-corrected chi connectivity index (χ4v) is 3.59. The Morgan fingerprint density at radius 2 is 2.10 bits per heavy atom. The molecule has 0 amide bonds. The maximum absolute atomic E-state index is 4.83. The van der Waals surface area contributed by atoms with Crippen LogP contribution in [0.15, 0.2) is 35.5 Å². The van der Waals surface area contributed by atoms with Crippen LogP contribution in [-0.2, 0) is 6.54 Å². The van der Waals surface area contributed by atoms with E-state index in [-0.39, 0.29) is 0 Å². The van der Waals surface area contributed by atoms with E-state index in [4.69, 9.17) is 4.99 Å². The van der Waals surface area contributed by atoms with Crippen molar-refractivity contribution in [1.29, 1.82) is 0 Å². The fourth-order valence-electron chi connectivity index (χ4n) is 3.24. The summed E-state index contributed by atoms with van der Waals surface area (Å²) in [7, 11) is 0. The highest BCUT2D eigenvalue weighted by Gasteiger charge is 2.38. The van der Waals surface area contributed by atoms with Gasteiger partial charge in [-0.15, -0.1) is 18.3 Å². The van der Waals surface area contributed by atoms with Crippen LogP contribution in [0.5, 0.6) is 0 Å². The number of thioether (sulfide) groups is 1. The summed E-state index contributed by atoms with van der Waals surface area (Å²) in [6, 6.07) is 0.383. The van der Waals surface area contributed by atoms with E-state index >= 15 is 0 Å². The third kappa shape index (κ3) is 2.70. The molecule has 0 spiro atoms. The zero-order chi connectivity index (χ0) is 14.8. The van der Waals surface area contributed by atoms with E-state index in [0.29, 0.717) is 12.0 Å². The second-order valence-corrected chi connectivity index (χ2v) is 6.21. The van der Waals surface area contributed by atoms with Crippen molar-refractivity contribution in [3.8, 4) is 0 Å². The van der Waals surface area contributed by atoms with E-state index in [1.165, 1.54) is 12.1 Å². The molecule has 0 N–H and O–H groups in total. The molecule has 3 rings (SSSR count). The molecule has 0 saturated heterocycles. The maximum atomic E-state index is 4.83. The third-order valence-corrected chi connectivity index (χ3v) is 4.69. The van der Waals surface area contributed by atoms with Gasteiger partial charge in [-0.05, 0) is 19.1 Å². The van der Waals surface area contributed by atoms with Crippen molar-refractivity contribution in [2.24, 2.45) is 10.9 Å². The molecule has 1 aromatic rings. The Labute approximate surface area is 129 Å². The van der Waals surface area contributed by atoms with Crippen molar-refractivity contribution in [3.05, 3.63) is 25.3 Å². The van der Waals surface area contributed by atoms with Gasteiger partial charge in [-0.2, -0.15) is 4.98 Å². The first-order valence-electron chi connectivity index (χ1n) is 7.30. The topological polar surface area (TPSA) is 46.3 Å². The van der Waals surface area contributed by atoms with Crippen LogP contribution in [0.3, 0.4) is 0 Å². The Balaban J connectivity index is 1.89. The molecule has 112 valence electrons. The van der Waals surface area contributed by atoms with Crippen molar-refractivity contribution in [2.45, 2.75) is 30.6 Å². The molecule has 2 heterocycles. The third-order valence-electron chi connectivity index (χ3n) is 4.15. The number of hydrogen-bond donors (Lipinski definition) is 0. The van der Waals surface area contributed by atoms with Gasteiger partial charge in [0.25, 0.3) is 0 Å². The van der Waals surface area contributed by atoms with Crippen LogP contribution in [0, 0.1) is 5.92 Å². The number of aliphatic imine (C=N–C) groups is 1. The lowest BCUT2D eigenvalue weighted by molar-refractivity contribution is 0.294. The largest absolute Gasteiger partial charge is 0.288 e. The summed E-state index contributed by atoms with van der Waals surface area (Å²) in [5, 5.41) is 5.29. The van der Waals surface area contributed by atoms with Gasteiger partial charge in [0.15, 0.2) is 0 Å². The summed E-state index contributed by atoms with van der Waals surface area (Å²) in [5.74, 6) is 1.26. The zero-order valence-electron chi connectivity index (χ0n) is 12.4. The van der Waals surface area contributed by atoms with Crippen LogP contribution < -0.4 is 0 Å². The average Bonchev–Trinajstić information content (AvgIpc) is 3.07. The summed E-state index contributed by atoms with van der Waals surface area (Å²) < 4.78 is 1.95. The molecule has 2 aliphatic rings. The Kier molecular flexibility index (Phi) is 4.26. The quantitative estimate of drug-likeness (QED) is 0.598. The van der Waals surface area contributed by atoms with E-state index in [0.717, 1.165) is 37.2 Å². The van der Waals surface area contributed by atoms with Gasteiger partial charge >= 0.3 is 0 Å². The molecule has 1 saturated carbocycles. The predicted octanol–water partition coefficient (Wildman–Crippen LogP) is 2.54. The summed E-state index contributed by atoms with van der Waals surface area (Å²) in [6.07, 6.45) is 8.21. The van der Waals surface area contributed by atoms with Crippen LogP contribution in [0.25, 0.3) is 0 Å². The van der Waals surface area contributed by atoms with Gasteiger partial charge < -0.3 is 0 Å². The summed E-state index contributed by atoms with van der Waals surface area (Å²) in [5.41, 5.74) is 1.27. The molecule has 21 heavy (non-hydrogen) atoms. The van der Waals surface area contributed by atoms with Gasteiger partial charge in [-0.25, -0.2) is 9.67 Å². The highest BCUT2D eigenvalue weighted by Crippen LogP contribution is 2.34. The van der Waals surface area contributed by atoms with Crippen molar-refractivity contribution in [1.82, 2.24) is 19.7 Å². The van der Waals surface area contributed by atoms with E-state index in [1.807, 2.05) is 23.1 Å². The molecule has 2 unspecified atom stereocenters. The normalized spacial score (nSPS) is 23.6. The Morgan fingerprint density at radius 1 is 1.33 bits per heavy atom. The number of aromatic nitrogens is 3. The van der Waals surface area contributed by atoms with Crippen LogP contribution in [0.2, 0.25) is 0 Å². The van der Waals surface area contributed by atoms with Crippen molar-refractivity contribution < 1.29 is 0 Å². The van der Waals surface area contributed by atoms with E-state index < -0.39 is 0 Å². The van der Waals surface area contributed by atoms with Gasteiger partial charge in [0.2, 0.25) is 11.1 Å². The first-order chi connectivity index (χ1) is 10.3. The first kappa shape index (κ1) is 14.5. The molecule has 0 bridgehead atoms. The lowest BCUT2D eigenvalue weighted by atomic mass is 10.0. The van der Waals surface area contributed by atoms with Crippen LogP contribution in [0.1, 0.15) is 12.8 Å². The molecule has 6 heteroatoms. The van der Waals surface area contributed by atoms with Gasteiger partial charge in [-0.3, -0.25) is 4.90 Å². The molecule has 2 atom stereocenters. The second-order valence-electron chi connectivity index (χ2n) is 5.44. The predicted molar refractivity (Wildman–Crippen MR) is 87.4 cm³/mol. The minimum Gasteiger partial charge on any atom is -0.288 e. The van der Waals surface area contributed by atoms with Gasteiger partial charge in [0.05, 0.1) is 6.54 Å². The standard InChI is InChI=1S/C15H21N5S/c1-4-8-19(9-5-2)12-7-6-11-10-20-14(16-13(11)12)17-15(18-20)21-3/h4-5,11-12H,1-2,6-10H2,3H3. The Hall–Kier alpha value is -1.40. The smallest absolute Gasteiger partial charge is 0.248 e. The monoisotopic (exact) mass is 303 g/mol. The van der Waals surface area contributed by atoms with Gasteiger partial charge in [0.1, 0.15) is 0 Å². The van der Waals surface area contributed by atoms with Crippen LogP contribution in [-0.4, -0.2) is 50.8 Å². The summed E-state index contributed by atoms with van der Waals surface area (Å²) in [4.78, 5) is 11.7. The summed E-state index contributed by atoms with van der Waals surface area (Å²) in [6.45, 7) is 10.4. The zero-order valence-corrected chi connectivity index (χ0v) is 13.2. The van der Waals surface area contributed by atoms with Crippen LogP contribution in [0.4, 0.5) is 5.95 Å². The summed E-state index contributed by atoms with van der Waals surface area (Å²) >= 11 is 1.56. The van der Waals surface area contributed by atoms with E-state index in [1.54, 1.807) is 11.8 Å². The molecule has 0 aromatic carbocycles. The highest BCUT2D eigenvalue weighted by molar-refractivity contribution is 7.98. The number of rotatable bonds is 6. The van der Waals surface area contributed by atoms with E-state index in [2.05, 4.69) is 28.1 Å². The Bertz CT molecular complexity index is 567. The number of fused-ring (bicyclic) bond motifs is 2. The average molecular weight is 303 g/mol. The molecule has 1 fully saturated rings. The van der Waals surface area contributed by atoms with Crippen LogP contribution >= 0.6 is 11.8 Å². The molecule has 1 aliphatic heterocycles. The van der Waals surface area contributed by atoms with Gasteiger partial charge in [-0.1, -0.05) is 23.9 Å². The minimum absolute atomic E-state index is 0.383. The lowest BCUT2D eigenvalue weighted by Gasteiger charge is -2.29. The molecule has 1 aliphatic carbocycles. The number of nitrogens with zero attached hydrogens (tertiary/aromatic N) is 5. The SMILES string of the molecule is C=CCN(CC=C)C1CCC2Cn3nc(SC)nc3N=C21. The lowest BCUT2D eigenvalue weighted by Crippen LogP contribution is -2.41. The van der Waals surface area contributed by atoms with Crippen molar-refractivity contribution in [3.63, 3.8) is 0 Å². The molecular formula is C15H21N5S. The fraction of sp³-hybridized carbons (Fsp3) is 0.533. The van der Waals surface area contributed by atoms with Crippen molar-refractivity contribution in [2.75, 3.05) is 19.3 Å². The highest BCUT2D eigenvalue weighted by atomic mass is 32.2. The van der Waals surface area contributed by atoms with Gasteiger partial charge in [0, 0.05) is 30.8 Å². The number of hydrogen-bond acceptors (Lipinski definition) is 5.